The first-order valence-electron chi connectivity index (χ1n) is 14.3. The van der Waals surface area contributed by atoms with Gasteiger partial charge in [-0.15, -0.1) is 11.8 Å². The second-order valence-corrected chi connectivity index (χ2v) is 12.2. The fourth-order valence-electron chi connectivity index (χ4n) is 6.27. The molecule has 3 saturated carbocycles. The minimum atomic E-state index is -0.561. The summed E-state index contributed by atoms with van der Waals surface area (Å²) in [7, 11) is 0. The Bertz CT molecular complexity index is 1080. The number of aryl methyl sites for hydroxylation is 1. The molecule has 5 atom stereocenters. The third kappa shape index (κ3) is 7.17. The quantitative estimate of drug-likeness (QED) is 0.172. The molecule has 3 aliphatic carbocycles. The average Bonchev–Trinajstić information content (AvgIpc) is 3.26. The molecular weight excluding hydrogens is 539 g/mol. The summed E-state index contributed by atoms with van der Waals surface area (Å²) >= 11 is 1.53. The van der Waals surface area contributed by atoms with E-state index in [1.54, 1.807) is 19.1 Å². The smallest absolute Gasteiger partial charge is 0.312 e. The molecular formula is C30H39FO8S. The van der Waals surface area contributed by atoms with E-state index in [0.29, 0.717) is 30.6 Å². The van der Waals surface area contributed by atoms with Crippen LogP contribution in [0.2, 0.25) is 0 Å². The lowest BCUT2D eigenvalue weighted by atomic mass is 9.90. The summed E-state index contributed by atoms with van der Waals surface area (Å²) in [5.74, 6) is -3.17. The molecule has 0 aliphatic heterocycles. The predicted molar refractivity (Wildman–Crippen MR) is 144 cm³/mol. The number of carbonyl (C=O) groups is 4. The van der Waals surface area contributed by atoms with Crippen molar-refractivity contribution in [2.45, 2.75) is 70.6 Å². The normalized spacial score (nSPS) is 25.4. The molecule has 1 aromatic rings. The molecule has 40 heavy (non-hydrogen) atoms. The number of fused-ring (bicyclic) bond motifs is 1. The number of carbonyl (C=O) groups excluding carboxylic acids is 4. The van der Waals surface area contributed by atoms with Gasteiger partial charge in [0.1, 0.15) is 5.82 Å². The first kappa shape index (κ1) is 30.3. The van der Waals surface area contributed by atoms with Crippen molar-refractivity contribution in [3.8, 4) is 0 Å². The number of thioether (sulfide) groups is 1. The van der Waals surface area contributed by atoms with Crippen molar-refractivity contribution in [3.63, 3.8) is 0 Å². The molecule has 220 valence electrons. The Morgan fingerprint density at radius 1 is 0.925 bits per heavy atom. The maximum Gasteiger partial charge on any atom is 0.312 e. The number of ether oxygens (including phenoxy) is 4. The molecule has 8 nitrogen and oxygen atoms in total. The van der Waals surface area contributed by atoms with E-state index in [-0.39, 0.29) is 41.4 Å². The van der Waals surface area contributed by atoms with Gasteiger partial charge >= 0.3 is 23.9 Å². The summed E-state index contributed by atoms with van der Waals surface area (Å²) < 4.78 is 34.7. The lowest BCUT2D eigenvalue weighted by Crippen LogP contribution is -2.30. The van der Waals surface area contributed by atoms with E-state index in [0.717, 1.165) is 30.6 Å². The minimum Gasteiger partial charge on any atom is -0.428 e. The Morgan fingerprint density at radius 2 is 1.55 bits per heavy atom. The third-order valence-electron chi connectivity index (χ3n) is 8.68. The Hall–Kier alpha value is -2.62. The largest absolute Gasteiger partial charge is 0.428 e. The van der Waals surface area contributed by atoms with Crippen LogP contribution in [0.4, 0.5) is 4.39 Å². The van der Waals surface area contributed by atoms with Crippen molar-refractivity contribution in [1.82, 2.24) is 0 Å². The van der Waals surface area contributed by atoms with Crippen LogP contribution in [0.1, 0.15) is 64.4 Å². The van der Waals surface area contributed by atoms with Gasteiger partial charge in [0, 0.05) is 10.6 Å². The summed E-state index contributed by atoms with van der Waals surface area (Å²) in [5, 5.41) is 0. The number of halogens is 1. The molecule has 0 aromatic heterocycles. The SMILES string of the molecule is CCC(CC)C(=O)OCOC(=O)C1C2CC(CSc3ccc(F)c(C)c3)C(C(=O)OCOC(=O)C3CCCC3)C21. The summed E-state index contributed by atoms with van der Waals surface area (Å²) in [6, 6.07) is 4.91. The first-order chi connectivity index (χ1) is 19.2. The van der Waals surface area contributed by atoms with Gasteiger partial charge in [0.05, 0.1) is 23.7 Å². The van der Waals surface area contributed by atoms with Crippen molar-refractivity contribution in [3.05, 3.63) is 29.6 Å². The lowest BCUT2D eigenvalue weighted by Gasteiger charge is -2.23. The van der Waals surface area contributed by atoms with Gasteiger partial charge in [0.15, 0.2) is 0 Å². The van der Waals surface area contributed by atoms with E-state index in [9.17, 15) is 23.6 Å². The molecule has 1 aromatic carbocycles. The van der Waals surface area contributed by atoms with Crippen LogP contribution in [0.3, 0.4) is 0 Å². The van der Waals surface area contributed by atoms with Crippen LogP contribution in [-0.2, 0) is 38.1 Å². The van der Waals surface area contributed by atoms with Gasteiger partial charge in [-0.05, 0) is 80.5 Å². The summed E-state index contributed by atoms with van der Waals surface area (Å²) in [6.45, 7) is 4.61. The molecule has 0 bridgehead atoms. The average molecular weight is 579 g/mol. The fraction of sp³-hybridized carbons (Fsp3) is 0.667. The highest BCUT2D eigenvalue weighted by Crippen LogP contribution is 2.64. The second kappa shape index (κ2) is 13.8. The molecule has 0 N–H and O–H groups in total. The number of hydrogen-bond acceptors (Lipinski definition) is 9. The van der Waals surface area contributed by atoms with Crippen LogP contribution >= 0.6 is 11.8 Å². The van der Waals surface area contributed by atoms with E-state index in [1.807, 2.05) is 13.8 Å². The van der Waals surface area contributed by atoms with Crippen LogP contribution in [0, 0.1) is 54.2 Å². The number of hydrogen-bond donors (Lipinski definition) is 0. The van der Waals surface area contributed by atoms with Crippen LogP contribution in [0.25, 0.3) is 0 Å². The zero-order valence-electron chi connectivity index (χ0n) is 23.4. The number of rotatable bonds is 13. The van der Waals surface area contributed by atoms with Crippen molar-refractivity contribution in [2.75, 3.05) is 19.3 Å². The van der Waals surface area contributed by atoms with Crippen LogP contribution in [-0.4, -0.2) is 43.2 Å². The third-order valence-corrected chi connectivity index (χ3v) is 9.86. The van der Waals surface area contributed by atoms with Gasteiger partial charge in [-0.1, -0.05) is 26.7 Å². The van der Waals surface area contributed by atoms with Crippen molar-refractivity contribution >= 4 is 35.6 Å². The second-order valence-electron chi connectivity index (χ2n) is 11.1. The number of esters is 4. The van der Waals surface area contributed by atoms with Crippen molar-refractivity contribution in [2.24, 2.45) is 41.4 Å². The van der Waals surface area contributed by atoms with Gasteiger partial charge in [-0.3, -0.25) is 19.2 Å². The zero-order valence-corrected chi connectivity index (χ0v) is 24.2. The maximum absolute atomic E-state index is 13.7. The van der Waals surface area contributed by atoms with Gasteiger partial charge in [-0.2, -0.15) is 0 Å². The molecule has 5 unspecified atom stereocenters. The zero-order chi connectivity index (χ0) is 28.8. The summed E-state index contributed by atoms with van der Waals surface area (Å²) in [5.41, 5.74) is 0.548. The fourth-order valence-corrected chi connectivity index (χ4v) is 7.45. The van der Waals surface area contributed by atoms with E-state index in [1.165, 1.54) is 17.8 Å². The van der Waals surface area contributed by atoms with Crippen LogP contribution < -0.4 is 0 Å². The highest BCUT2D eigenvalue weighted by Gasteiger charge is 2.67. The predicted octanol–water partition coefficient (Wildman–Crippen LogP) is 5.44. The summed E-state index contributed by atoms with van der Waals surface area (Å²) in [4.78, 5) is 51.2. The molecule has 0 saturated heterocycles. The van der Waals surface area contributed by atoms with E-state index in [4.69, 9.17) is 18.9 Å². The lowest BCUT2D eigenvalue weighted by molar-refractivity contribution is -0.174. The van der Waals surface area contributed by atoms with Crippen molar-refractivity contribution in [1.29, 1.82) is 0 Å². The Kier molecular flexibility index (Phi) is 10.5. The minimum absolute atomic E-state index is 0.0404. The highest BCUT2D eigenvalue weighted by atomic mass is 32.2. The number of benzene rings is 1. The van der Waals surface area contributed by atoms with E-state index in [2.05, 4.69) is 0 Å². The summed E-state index contributed by atoms with van der Waals surface area (Å²) in [6.07, 6.45) is 5.49. The van der Waals surface area contributed by atoms with Gasteiger partial charge in [-0.25, -0.2) is 4.39 Å². The first-order valence-corrected chi connectivity index (χ1v) is 15.3. The van der Waals surface area contributed by atoms with E-state index >= 15 is 0 Å². The molecule has 0 amide bonds. The van der Waals surface area contributed by atoms with E-state index < -0.39 is 43.3 Å². The van der Waals surface area contributed by atoms with Gasteiger partial charge in [0.25, 0.3) is 0 Å². The van der Waals surface area contributed by atoms with Gasteiger partial charge < -0.3 is 18.9 Å². The Balaban J connectivity index is 1.33. The van der Waals surface area contributed by atoms with Crippen LogP contribution in [0.15, 0.2) is 23.1 Å². The Labute approximate surface area is 239 Å². The van der Waals surface area contributed by atoms with Gasteiger partial charge in [0.2, 0.25) is 13.6 Å². The van der Waals surface area contributed by atoms with Crippen molar-refractivity contribution < 1.29 is 42.5 Å². The molecule has 4 rings (SSSR count). The molecule has 10 heteroatoms. The molecule has 0 heterocycles. The molecule has 3 fully saturated rings. The highest BCUT2D eigenvalue weighted by molar-refractivity contribution is 7.99. The Morgan fingerprint density at radius 3 is 2.20 bits per heavy atom. The standard InChI is InChI=1S/C30H39FO8S/c1-4-18(5-2)27(32)36-15-39-30(35)26-22-13-20(14-40-21-10-11-23(31)17(3)12-21)24(25(22)26)29(34)38-16-37-28(33)19-8-6-7-9-19/h10-12,18-20,22,24-26H,4-9,13-16H2,1-3H3. The molecule has 0 radical (unpaired) electrons. The maximum atomic E-state index is 13.7. The molecule has 3 aliphatic rings. The molecule has 0 spiro atoms. The topological polar surface area (TPSA) is 105 Å². The monoisotopic (exact) mass is 578 g/mol. The van der Waals surface area contributed by atoms with Crippen LogP contribution in [0.5, 0.6) is 0 Å².